The van der Waals surface area contributed by atoms with Crippen LogP contribution in [0.2, 0.25) is 0 Å². The summed E-state index contributed by atoms with van der Waals surface area (Å²) < 4.78 is 11.9. The maximum Gasteiger partial charge on any atom is 0.349 e. The number of nitrogens with zero attached hydrogens (tertiary/aromatic N) is 1. The molecule has 0 radical (unpaired) electrons. The van der Waals surface area contributed by atoms with Crippen molar-refractivity contribution in [2.24, 2.45) is 0 Å². The average Bonchev–Trinajstić information content (AvgIpc) is 3.87. The number of carbonyl (C=O) groups excluding carboxylic acids is 1. The Hall–Kier alpha value is -4.04. The summed E-state index contributed by atoms with van der Waals surface area (Å²) >= 11 is 2.70. The van der Waals surface area contributed by atoms with E-state index < -0.39 is 17.7 Å². The fraction of sp³-hybridized carbons (Fsp3) is 0.368. The van der Waals surface area contributed by atoms with Crippen LogP contribution in [0.4, 0.5) is 0 Å². The van der Waals surface area contributed by atoms with Crippen LogP contribution in [0.25, 0.3) is 10.9 Å². The Morgan fingerprint density at radius 2 is 1.70 bits per heavy atom. The maximum absolute atomic E-state index is 13.3. The molecule has 1 fully saturated rings. The number of aliphatic hydroxyl groups is 2. The zero-order valence-electron chi connectivity index (χ0n) is 27.9. The highest BCUT2D eigenvalue weighted by Gasteiger charge is 2.45. The number of likely N-dealkylation sites (N-methyl/N-ethyl adjacent to an activating group) is 1. The number of phenolic OH excluding ortho intramolecular Hbond substituents is 1. The van der Waals surface area contributed by atoms with Gasteiger partial charge in [0.25, 0.3) is 0 Å². The highest BCUT2D eigenvalue weighted by molar-refractivity contribution is 7.12. The van der Waals surface area contributed by atoms with Gasteiger partial charge in [-0.2, -0.15) is 0 Å². The quantitative estimate of drug-likeness (QED) is 0.0718. The summed E-state index contributed by atoms with van der Waals surface area (Å²) in [7, 11) is 2.10. The number of benzene rings is 2. The van der Waals surface area contributed by atoms with Crippen LogP contribution in [0.5, 0.6) is 11.5 Å². The Bertz CT molecular complexity index is 1850. The molecule has 264 valence electrons. The number of aliphatic hydroxyl groups excluding tert-OH is 1. The molecule has 50 heavy (non-hydrogen) atoms. The predicted molar refractivity (Wildman–Crippen MR) is 196 cm³/mol. The fourth-order valence-electron chi connectivity index (χ4n) is 6.51. The summed E-state index contributed by atoms with van der Waals surface area (Å²) in [6.07, 6.45) is 3.05. The van der Waals surface area contributed by atoms with Crippen LogP contribution in [-0.2, 0) is 21.6 Å². The van der Waals surface area contributed by atoms with Gasteiger partial charge in [-0.25, -0.2) is 4.79 Å². The number of fused-ring (bicyclic) bond motifs is 1. The molecule has 5 N–H and O–H groups in total. The largest absolute Gasteiger partial charge is 0.506 e. The van der Waals surface area contributed by atoms with Gasteiger partial charge in [-0.15, -0.1) is 22.7 Å². The van der Waals surface area contributed by atoms with Crippen molar-refractivity contribution in [1.82, 2.24) is 15.2 Å². The molecule has 1 atom stereocenters. The number of hydrogen-bond acceptors (Lipinski definition) is 11. The SMILES string of the molecule is CN(CCOc1ccc(CCNC[C@@H](O)c2ccc(O)c3[nH]c(=O)ccc23)cc1)C1CCC(OC(=O)C(O)(c2cccs2)c2cccs2)CC1. The minimum atomic E-state index is -1.78. The first-order chi connectivity index (χ1) is 24.2. The minimum absolute atomic E-state index is 0.0312. The number of rotatable bonds is 15. The molecular weight excluding hydrogens is 675 g/mol. The van der Waals surface area contributed by atoms with E-state index in [-0.39, 0.29) is 17.4 Å². The number of phenols is 1. The van der Waals surface area contributed by atoms with Crippen molar-refractivity contribution in [3.8, 4) is 11.5 Å². The predicted octanol–water partition coefficient (Wildman–Crippen LogP) is 5.32. The van der Waals surface area contributed by atoms with E-state index in [2.05, 4.69) is 22.2 Å². The van der Waals surface area contributed by atoms with E-state index in [4.69, 9.17) is 9.47 Å². The van der Waals surface area contributed by atoms with Crippen LogP contribution in [0.1, 0.15) is 52.7 Å². The number of esters is 1. The smallest absolute Gasteiger partial charge is 0.349 e. The fourth-order valence-corrected chi connectivity index (χ4v) is 8.22. The van der Waals surface area contributed by atoms with Gasteiger partial charge < -0.3 is 40.0 Å². The summed E-state index contributed by atoms with van der Waals surface area (Å²) in [5, 5.41) is 40.0. The monoisotopic (exact) mass is 717 g/mol. The topological polar surface area (TPSA) is 144 Å². The van der Waals surface area contributed by atoms with Gasteiger partial charge in [-0.05, 0) is 104 Å². The molecule has 12 heteroatoms. The molecule has 10 nitrogen and oxygen atoms in total. The standard InChI is InChI=1S/C38H43N3O7S2/c1-41(26-8-12-28(13-9-26)48-37(45)38(46,33-4-2-22-49-33)34-5-3-23-50-34)20-21-47-27-10-6-25(7-11-27)18-19-39-24-32(43)29-14-16-31(42)36-30(29)15-17-35(44)40-36/h2-7,10-11,14-17,22-23,26,28,32,39,42-43,46H,8-9,12-13,18-21,24H2,1H3,(H,40,44)/t26?,28?,32-/m1/s1. The van der Waals surface area contributed by atoms with E-state index in [1.54, 1.807) is 24.3 Å². The van der Waals surface area contributed by atoms with E-state index in [1.165, 1.54) is 34.8 Å². The first-order valence-corrected chi connectivity index (χ1v) is 18.7. The molecule has 0 spiro atoms. The number of aromatic amines is 1. The summed E-state index contributed by atoms with van der Waals surface area (Å²) in [6, 6.07) is 21.8. The molecule has 0 unspecified atom stereocenters. The highest BCUT2D eigenvalue weighted by atomic mass is 32.1. The first kappa shape index (κ1) is 35.8. The Morgan fingerprint density at radius 3 is 2.36 bits per heavy atom. The molecule has 0 saturated heterocycles. The van der Waals surface area contributed by atoms with Crippen LogP contribution >= 0.6 is 22.7 Å². The lowest BCUT2D eigenvalue weighted by molar-refractivity contribution is -0.169. The molecule has 0 amide bonds. The van der Waals surface area contributed by atoms with Crippen molar-refractivity contribution < 1.29 is 29.6 Å². The van der Waals surface area contributed by atoms with Crippen LogP contribution in [-0.4, -0.2) is 76.6 Å². The van der Waals surface area contributed by atoms with Crippen molar-refractivity contribution in [2.75, 3.05) is 33.3 Å². The molecule has 5 aromatic rings. The Morgan fingerprint density at radius 1 is 1.00 bits per heavy atom. The number of pyridine rings is 1. The van der Waals surface area contributed by atoms with Gasteiger partial charge in [0.05, 0.1) is 21.4 Å². The second kappa shape index (κ2) is 16.3. The Balaban J connectivity index is 0.888. The lowest BCUT2D eigenvalue weighted by atomic mass is 9.91. The van der Waals surface area contributed by atoms with Crippen molar-refractivity contribution in [1.29, 1.82) is 0 Å². The van der Waals surface area contributed by atoms with Crippen LogP contribution in [0, 0.1) is 0 Å². The molecule has 3 heterocycles. The molecule has 6 rings (SSSR count). The molecule has 0 aliphatic heterocycles. The van der Waals surface area contributed by atoms with Gasteiger partial charge in [0.15, 0.2) is 0 Å². The number of thiophene rings is 2. The number of ether oxygens (including phenoxy) is 2. The van der Waals surface area contributed by atoms with Gasteiger partial charge in [0.2, 0.25) is 11.2 Å². The van der Waals surface area contributed by atoms with E-state index in [0.29, 0.717) is 52.0 Å². The van der Waals surface area contributed by atoms with Crippen LogP contribution < -0.4 is 15.6 Å². The number of nitrogens with one attached hydrogen (secondary N) is 2. The molecule has 0 bridgehead atoms. The van der Waals surface area contributed by atoms with Gasteiger partial charge in [-0.3, -0.25) is 4.79 Å². The third-order valence-electron chi connectivity index (χ3n) is 9.42. The van der Waals surface area contributed by atoms with E-state index in [0.717, 1.165) is 50.0 Å². The first-order valence-electron chi connectivity index (χ1n) is 16.9. The van der Waals surface area contributed by atoms with Gasteiger partial charge in [0.1, 0.15) is 24.2 Å². The molecule has 2 aromatic carbocycles. The normalized spacial score (nSPS) is 17.2. The summed E-state index contributed by atoms with van der Waals surface area (Å²) in [5.74, 6) is 0.173. The van der Waals surface area contributed by atoms with E-state index in [9.17, 15) is 24.9 Å². The molecule has 1 saturated carbocycles. The number of H-pyrrole nitrogens is 1. The van der Waals surface area contributed by atoms with E-state index in [1.807, 2.05) is 47.2 Å². The molecule has 1 aliphatic rings. The lowest BCUT2D eigenvalue weighted by Crippen LogP contribution is -2.42. The summed E-state index contributed by atoms with van der Waals surface area (Å²) in [6.45, 7) is 2.32. The van der Waals surface area contributed by atoms with Crippen molar-refractivity contribution in [3.63, 3.8) is 0 Å². The second-order valence-corrected chi connectivity index (χ2v) is 14.6. The van der Waals surface area contributed by atoms with Crippen LogP contribution in [0.15, 0.2) is 88.4 Å². The number of aromatic nitrogens is 1. The van der Waals surface area contributed by atoms with Gasteiger partial charge in [0, 0.05) is 30.6 Å². The lowest BCUT2D eigenvalue weighted by Gasteiger charge is -2.35. The van der Waals surface area contributed by atoms with Crippen LogP contribution in [0.3, 0.4) is 0 Å². The Kier molecular flexibility index (Phi) is 11.7. The van der Waals surface area contributed by atoms with Crippen molar-refractivity contribution in [2.45, 2.75) is 56.0 Å². The van der Waals surface area contributed by atoms with Gasteiger partial charge >= 0.3 is 5.97 Å². The third-order valence-corrected chi connectivity index (χ3v) is 11.4. The van der Waals surface area contributed by atoms with Crippen molar-refractivity contribution in [3.05, 3.63) is 115 Å². The maximum atomic E-state index is 13.3. The second-order valence-electron chi connectivity index (χ2n) is 12.7. The molecular formula is C38H43N3O7S2. The highest BCUT2D eigenvalue weighted by Crippen LogP contribution is 2.38. The molecule has 1 aliphatic carbocycles. The zero-order valence-corrected chi connectivity index (χ0v) is 29.6. The number of hydrogen-bond donors (Lipinski definition) is 5. The zero-order chi connectivity index (χ0) is 35.1. The Labute approximate surface area is 298 Å². The minimum Gasteiger partial charge on any atom is -0.506 e. The van der Waals surface area contributed by atoms with Crippen molar-refractivity contribution >= 4 is 39.5 Å². The molecule has 3 aromatic heterocycles. The summed E-state index contributed by atoms with van der Waals surface area (Å²) in [4.78, 5) is 31.1. The number of carbonyl (C=O) groups is 1. The van der Waals surface area contributed by atoms with Gasteiger partial charge in [-0.1, -0.05) is 30.3 Å². The summed E-state index contributed by atoms with van der Waals surface area (Å²) in [5.41, 5.74) is 0.0131. The number of aromatic hydroxyl groups is 1. The average molecular weight is 718 g/mol. The van der Waals surface area contributed by atoms with E-state index >= 15 is 0 Å². The third kappa shape index (κ3) is 8.28.